The maximum atomic E-state index is 12.6. The minimum atomic E-state index is -0.366. The van der Waals surface area contributed by atoms with Gasteiger partial charge in [0.1, 0.15) is 5.56 Å². The van der Waals surface area contributed by atoms with Crippen LogP contribution in [0, 0.1) is 11.8 Å². The molecule has 1 aromatic heterocycles. The van der Waals surface area contributed by atoms with Crippen molar-refractivity contribution in [1.29, 1.82) is 0 Å². The second kappa shape index (κ2) is 8.41. The van der Waals surface area contributed by atoms with Crippen molar-refractivity contribution in [2.24, 2.45) is 11.8 Å². The minimum Gasteiger partial charge on any atom is -0.396 e. The van der Waals surface area contributed by atoms with E-state index in [2.05, 4.69) is 21.8 Å². The van der Waals surface area contributed by atoms with E-state index >= 15 is 0 Å². The number of rotatable bonds is 7. The Morgan fingerprint density at radius 3 is 2.62 bits per heavy atom. The number of carbonyl (C=O) groups excluding carboxylic acids is 1. The van der Waals surface area contributed by atoms with Crippen LogP contribution in [0.3, 0.4) is 0 Å². The van der Waals surface area contributed by atoms with Gasteiger partial charge in [-0.3, -0.25) is 9.59 Å². The number of nitrogens with zero attached hydrogens (tertiary/aromatic N) is 3. The van der Waals surface area contributed by atoms with E-state index in [4.69, 9.17) is 0 Å². The summed E-state index contributed by atoms with van der Waals surface area (Å²) < 4.78 is 0. The lowest BCUT2D eigenvalue weighted by molar-refractivity contribution is 0.0777. The van der Waals surface area contributed by atoms with Crippen molar-refractivity contribution in [3.05, 3.63) is 34.2 Å². The zero-order chi connectivity index (χ0) is 17.7. The van der Waals surface area contributed by atoms with E-state index in [1.54, 1.807) is 17.0 Å². The molecule has 1 saturated heterocycles. The summed E-state index contributed by atoms with van der Waals surface area (Å²) in [5.74, 6) is 0.0150. The van der Waals surface area contributed by atoms with Gasteiger partial charge >= 0.3 is 0 Å². The molecule has 0 unspecified atom stereocenters. The molecule has 2 heterocycles. The average Bonchev–Trinajstić information content (AvgIpc) is 2.95. The molecule has 7 heteroatoms. The van der Waals surface area contributed by atoms with Crippen LogP contribution in [0.1, 0.15) is 10.4 Å². The Morgan fingerprint density at radius 1 is 1.29 bits per heavy atom. The summed E-state index contributed by atoms with van der Waals surface area (Å²) in [6.45, 7) is 3.86. The second-order valence-corrected chi connectivity index (χ2v) is 6.89. The number of aromatic amines is 1. The highest BCUT2D eigenvalue weighted by Gasteiger charge is 2.36. The molecule has 0 saturated carbocycles. The average molecular weight is 336 g/mol. The molecule has 2 rings (SSSR count). The molecule has 2 N–H and O–H groups in total. The maximum absolute atomic E-state index is 12.6. The Morgan fingerprint density at radius 2 is 2.00 bits per heavy atom. The van der Waals surface area contributed by atoms with Crippen LogP contribution in [-0.4, -0.2) is 91.2 Å². The molecule has 1 aromatic rings. The van der Waals surface area contributed by atoms with E-state index < -0.39 is 0 Å². The summed E-state index contributed by atoms with van der Waals surface area (Å²) in [7, 11) is 6.14. The third-order valence-corrected chi connectivity index (χ3v) is 4.62. The van der Waals surface area contributed by atoms with Crippen molar-refractivity contribution in [2.75, 3.05) is 60.5 Å². The Kier molecular flexibility index (Phi) is 6.53. The first kappa shape index (κ1) is 18.6. The first-order chi connectivity index (χ1) is 11.4. The SMILES string of the molecule is CN(C)CCN(C)C[C@@H]1CN(C(=O)c2ccc[nH]c2=O)C[C@@H]1CO. The Balaban J connectivity index is 1.99. The molecule has 1 aliphatic heterocycles. The van der Waals surface area contributed by atoms with Crippen molar-refractivity contribution < 1.29 is 9.90 Å². The lowest BCUT2D eigenvalue weighted by Crippen LogP contribution is -2.36. The summed E-state index contributed by atoms with van der Waals surface area (Å²) >= 11 is 0. The first-order valence-corrected chi connectivity index (χ1v) is 8.33. The predicted octanol–water partition coefficient (Wildman–Crippen LogP) is -0.451. The fourth-order valence-electron chi connectivity index (χ4n) is 3.14. The van der Waals surface area contributed by atoms with Gasteiger partial charge in [0, 0.05) is 51.4 Å². The summed E-state index contributed by atoms with van der Waals surface area (Å²) in [4.78, 5) is 33.0. The zero-order valence-corrected chi connectivity index (χ0v) is 14.7. The minimum absolute atomic E-state index is 0.0542. The molecule has 1 amide bonds. The van der Waals surface area contributed by atoms with E-state index in [0.29, 0.717) is 13.1 Å². The van der Waals surface area contributed by atoms with Gasteiger partial charge in [-0.25, -0.2) is 0 Å². The summed E-state index contributed by atoms with van der Waals surface area (Å²) in [5.41, 5.74) is -0.203. The number of H-pyrrole nitrogens is 1. The summed E-state index contributed by atoms with van der Waals surface area (Å²) in [6, 6.07) is 3.20. The number of aliphatic hydroxyl groups excluding tert-OH is 1. The molecule has 2 atom stereocenters. The van der Waals surface area contributed by atoms with Crippen LogP contribution in [-0.2, 0) is 0 Å². The summed E-state index contributed by atoms with van der Waals surface area (Å²) in [6.07, 6.45) is 1.52. The van der Waals surface area contributed by atoms with Crippen LogP contribution in [0.15, 0.2) is 23.1 Å². The van der Waals surface area contributed by atoms with E-state index in [1.165, 1.54) is 6.20 Å². The molecule has 24 heavy (non-hydrogen) atoms. The molecular weight excluding hydrogens is 308 g/mol. The number of carbonyl (C=O) groups is 1. The van der Waals surface area contributed by atoms with Crippen molar-refractivity contribution >= 4 is 5.91 Å². The van der Waals surface area contributed by atoms with Gasteiger partial charge < -0.3 is 24.8 Å². The molecule has 0 aromatic carbocycles. The van der Waals surface area contributed by atoms with Crippen LogP contribution in [0.25, 0.3) is 0 Å². The fraction of sp³-hybridized carbons (Fsp3) is 0.647. The number of likely N-dealkylation sites (N-methyl/N-ethyl adjacent to an activating group) is 2. The van der Waals surface area contributed by atoms with Crippen molar-refractivity contribution in [3.63, 3.8) is 0 Å². The molecular formula is C17H28N4O3. The molecule has 0 spiro atoms. The normalized spacial score (nSPS) is 21.0. The third-order valence-electron chi connectivity index (χ3n) is 4.62. The molecule has 1 fully saturated rings. The number of nitrogens with one attached hydrogen (secondary N) is 1. The zero-order valence-electron chi connectivity index (χ0n) is 14.7. The van der Waals surface area contributed by atoms with Crippen LogP contribution in [0.5, 0.6) is 0 Å². The van der Waals surface area contributed by atoms with E-state index in [9.17, 15) is 14.7 Å². The number of aliphatic hydroxyl groups is 1. The van der Waals surface area contributed by atoms with Gasteiger partial charge in [-0.2, -0.15) is 0 Å². The second-order valence-electron chi connectivity index (χ2n) is 6.89. The quantitative estimate of drug-likeness (QED) is 0.705. The number of pyridine rings is 1. The standard InChI is InChI=1S/C17H28N4O3/c1-19(2)7-8-20(3)9-13-10-21(11-14(13)12-22)17(24)15-5-4-6-18-16(15)23/h4-6,13-14,22H,7-12H2,1-3H3,(H,18,23)/t13-,14-/m1/s1. The lowest BCUT2D eigenvalue weighted by Gasteiger charge is -2.25. The smallest absolute Gasteiger partial charge is 0.260 e. The Labute approximate surface area is 142 Å². The number of hydrogen-bond donors (Lipinski definition) is 2. The maximum Gasteiger partial charge on any atom is 0.260 e. The van der Waals surface area contributed by atoms with Crippen molar-refractivity contribution in [3.8, 4) is 0 Å². The highest BCUT2D eigenvalue weighted by molar-refractivity contribution is 5.94. The monoisotopic (exact) mass is 336 g/mol. The lowest BCUT2D eigenvalue weighted by atomic mass is 9.96. The van der Waals surface area contributed by atoms with Gasteiger partial charge in [0.05, 0.1) is 0 Å². The van der Waals surface area contributed by atoms with E-state index in [0.717, 1.165) is 19.6 Å². The molecule has 7 nitrogen and oxygen atoms in total. The van der Waals surface area contributed by atoms with Crippen LogP contribution in [0.2, 0.25) is 0 Å². The van der Waals surface area contributed by atoms with Gasteiger partial charge in [0.2, 0.25) is 0 Å². The van der Waals surface area contributed by atoms with Crippen molar-refractivity contribution in [1.82, 2.24) is 19.7 Å². The number of likely N-dealkylation sites (tertiary alicyclic amines) is 1. The van der Waals surface area contributed by atoms with Gasteiger partial charge in [-0.1, -0.05) is 0 Å². The number of aromatic nitrogens is 1. The van der Waals surface area contributed by atoms with Gasteiger partial charge in [-0.15, -0.1) is 0 Å². The molecule has 0 bridgehead atoms. The van der Waals surface area contributed by atoms with E-state index in [-0.39, 0.29) is 35.5 Å². The van der Waals surface area contributed by atoms with Gasteiger partial charge in [0.25, 0.3) is 11.5 Å². The van der Waals surface area contributed by atoms with Gasteiger partial charge in [0.15, 0.2) is 0 Å². The predicted molar refractivity (Wildman–Crippen MR) is 93.1 cm³/mol. The van der Waals surface area contributed by atoms with Crippen LogP contribution >= 0.6 is 0 Å². The first-order valence-electron chi connectivity index (χ1n) is 8.33. The summed E-state index contributed by atoms with van der Waals surface area (Å²) in [5, 5.41) is 9.66. The van der Waals surface area contributed by atoms with Crippen LogP contribution in [0.4, 0.5) is 0 Å². The molecule has 0 aliphatic carbocycles. The van der Waals surface area contributed by atoms with Crippen LogP contribution < -0.4 is 5.56 Å². The molecule has 0 radical (unpaired) electrons. The van der Waals surface area contributed by atoms with Gasteiger partial charge in [-0.05, 0) is 39.2 Å². The Bertz CT molecular complexity index is 601. The highest BCUT2D eigenvalue weighted by Crippen LogP contribution is 2.25. The largest absolute Gasteiger partial charge is 0.396 e. The Hall–Kier alpha value is -1.70. The number of amides is 1. The van der Waals surface area contributed by atoms with E-state index in [1.807, 2.05) is 14.1 Å². The highest BCUT2D eigenvalue weighted by atomic mass is 16.3. The van der Waals surface area contributed by atoms with Crippen molar-refractivity contribution in [2.45, 2.75) is 0 Å². The molecule has 134 valence electrons. The molecule has 1 aliphatic rings. The fourth-order valence-corrected chi connectivity index (χ4v) is 3.14. The topological polar surface area (TPSA) is 79.9 Å². The third kappa shape index (κ3) is 4.66. The number of hydrogen-bond acceptors (Lipinski definition) is 5.